The van der Waals surface area contributed by atoms with Gasteiger partial charge in [0.05, 0.1) is 17.6 Å². The summed E-state index contributed by atoms with van der Waals surface area (Å²) in [6.07, 6.45) is 0.855. The van der Waals surface area contributed by atoms with Crippen LogP contribution in [0.3, 0.4) is 0 Å². The van der Waals surface area contributed by atoms with Crippen molar-refractivity contribution in [1.29, 1.82) is 0 Å². The second-order valence-electron chi connectivity index (χ2n) is 7.78. The van der Waals surface area contributed by atoms with Crippen LogP contribution < -0.4 is 10.2 Å². The second-order valence-corrected chi connectivity index (χ2v) is 7.78. The number of nitrogens with zero attached hydrogens (tertiary/aromatic N) is 3. The van der Waals surface area contributed by atoms with Gasteiger partial charge in [-0.05, 0) is 55.7 Å². The first kappa shape index (κ1) is 19.9. The van der Waals surface area contributed by atoms with Gasteiger partial charge in [-0.3, -0.25) is 9.59 Å². The van der Waals surface area contributed by atoms with Crippen LogP contribution in [-0.4, -0.2) is 59.4 Å². The van der Waals surface area contributed by atoms with Crippen molar-refractivity contribution in [2.24, 2.45) is 0 Å². The number of fused-ring (bicyclic) bond motifs is 1. The van der Waals surface area contributed by atoms with E-state index in [1.165, 1.54) is 0 Å². The molecule has 1 saturated heterocycles. The molecule has 2 N–H and O–H groups in total. The van der Waals surface area contributed by atoms with E-state index in [1.54, 1.807) is 6.07 Å². The lowest BCUT2D eigenvalue weighted by Gasteiger charge is -2.22. The summed E-state index contributed by atoms with van der Waals surface area (Å²) >= 11 is 0. The molecule has 0 atom stereocenters. The summed E-state index contributed by atoms with van der Waals surface area (Å²) in [7, 11) is 0. The number of imidazole rings is 1. The van der Waals surface area contributed by atoms with E-state index in [-0.39, 0.29) is 18.4 Å². The normalized spacial score (nSPS) is 14.6. The number of nitrogens with one attached hydrogen (secondary N) is 2. The molecular weight excluding hydrogens is 378 g/mol. The van der Waals surface area contributed by atoms with Gasteiger partial charge in [-0.15, -0.1) is 0 Å². The third-order valence-electron chi connectivity index (χ3n) is 5.69. The molecular formula is C23H27N5O2. The predicted molar refractivity (Wildman–Crippen MR) is 118 cm³/mol. The molecule has 7 heteroatoms. The van der Waals surface area contributed by atoms with E-state index in [1.807, 2.05) is 55.1 Å². The van der Waals surface area contributed by atoms with Crippen molar-refractivity contribution in [3.8, 4) is 0 Å². The van der Waals surface area contributed by atoms with Gasteiger partial charge >= 0.3 is 0 Å². The molecule has 1 aliphatic heterocycles. The van der Waals surface area contributed by atoms with E-state index in [9.17, 15) is 9.59 Å². The lowest BCUT2D eigenvalue weighted by atomic mass is 10.1. The number of aromatic nitrogens is 2. The molecule has 2 amide bonds. The standard InChI is InChI=1S/C23H27N5O2/c1-16-8-9-18(14-17(16)2)22(30)24-15-21(29)27-10-5-11-28(13-12-27)23-25-19-6-3-4-7-20(19)26-23/h3-4,6-9,14H,5,10-13,15H2,1-2H3,(H,24,30)(H,25,26). The highest BCUT2D eigenvalue weighted by molar-refractivity contribution is 5.96. The molecule has 3 aromatic rings. The zero-order valence-corrected chi connectivity index (χ0v) is 17.4. The fourth-order valence-corrected chi connectivity index (χ4v) is 3.72. The largest absolute Gasteiger partial charge is 0.343 e. The topological polar surface area (TPSA) is 81.3 Å². The molecule has 0 spiro atoms. The Morgan fingerprint density at radius 2 is 1.87 bits per heavy atom. The van der Waals surface area contributed by atoms with Crippen LogP contribution in [0, 0.1) is 13.8 Å². The zero-order chi connectivity index (χ0) is 21.1. The Morgan fingerprint density at radius 3 is 2.67 bits per heavy atom. The van der Waals surface area contributed by atoms with Gasteiger partial charge in [-0.25, -0.2) is 4.98 Å². The molecule has 4 rings (SSSR count). The van der Waals surface area contributed by atoms with Gasteiger partial charge < -0.3 is 20.1 Å². The molecule has 2 heterocycles. The van der Waals surface area contributed by atoms with E-state index < -0.39 is 0 Å². The van der Waals surface area contributed by atoms with Crippen LogP contribution in [0.1, 0.15) is 27.9 Å². The zero-order valence-electron chi connectivity index (χ0n) is 17.4. The number of carbonyl (C=O) groups is 2. The van der Waals surface area contributed by atoms with E-state index in [0.29, 0.717) is 25.2 Å². The smallest absolute Gasteiger partial charge is 0.251 e. The lowest BCUT2D eigenvalue weighted by Crippen LogP contribution is -2.42. The summed E-state index contributed by atoms with van der Waals surface area (Å²) in [5, 5.41) is 2.76. The van der Waals surface area contributed by atoms with Gasteiger partial charge in [0.25, 0.3) is 5.91 Å². The fraction of sp³-hybridized carbons (Fsp3) is 0.348. The monoisotopic (exact) mass is 405 g/mol. The first-order chi connectivity index (χ1) is 14.5. The SMILES string of the molecule is Cc1ccc(C(=O)NCC(=O)N2CCCN(c3nc4ccccc4[nH]3)CC2)cc1C. The van der Waals surface area contributed by atoms with Crippen LogP contribution in [0.5, 0.6) is 0 Å². The Hall–Kier alpha value is -3.35. The summed E-state index contributed by atoms with van der Waals surface area (Å²) in [6.45, 7) is 6.81. The highest BCUT2D eigenvalue weighted by atomic mass is 16.2. The number of H-pyrrole nitrogens is 1. The molecule has 1 aliphatic rings. The number of aryl methyl sites for hydroxylation is 2. The van der Waals surface area contributed by atoms with Crippen LogP contribution >= 0.6 is 0 Å². The van der Waals surface area contributed by atoms with Gasteiger partial charge in [0.1, 0.15) is 0 Å². The Bertz CT molecular complexity index is 1040. The van der Waals surface area contributed by atoms with E-state index >= 15 is 0 Å². The fourth-order valence-electron chi connectivity index (χ4n) is 3.72. The van der Waals surface area contributed by atoms with Crippen molar-refractivity contribution in [1.82, 2.24) is 20.2 Å². The Balaban J connectivity index is 1.33. The van der Waals surface area contributed by atoms with E-state index in [0.717, 1.165) is 41.1 Å². The maximum absolute atomic E-state index is 12.7. The van der Waals surface area contributed by atoms with Crippen LogP contribution in [0.25, 0.3) is 11.0 Å². The molecule has 156 valence electrons. The average molecular weight is 406 g/mol. The minimum absolute atomic E-state index is 0.0103. The van der Waals surface area contributed by atoms with Crippen LogP contribution in [0.2, 0.25) is 0 Å². The van der Waals surface area contributed by atoms with Crippen LogP contribution in [0.15, 0.2) is 42.5 Å². The van der Waals surface area contributed by atoms with Gasteiger partial charge in [0.15, 0.2) is 0 Å². The molecule has 0 unspecified atom stereocenters. The summed E-state index contributed by atoms with van der Waals surface area (Å²) in [4.78, 5) is 37.1. The lowest BCUT2D eigenvalue weighted by molar-refractivity contribution is -0.129. The second kappa shape index (κ2) is 8.57. The highest BCUT2D eigenvalue weighted by Gasteiger charge is 2.21. The molecule has 0 aliphatic carbocycles. The molecule has 1 aromatic heterocycles. The number of amides is 2. The number of carbonyl (C=O) groups excluding carboxylic acids is 2. The number of aromatic amines is 1. The van der Waals surface area contributed by atoms with Crippen molar-refractivity contribution in [2.75, 3.05) is 37.6 Å². The van der Waals surface area contributed by atoms with Crippen molar-refractivity contribution in [3.63, 3.8) is 0 Å². The average Bonchev–Trinajstić information content (AvgIpc) is 3.03. The van der Waals surface area contributed by atoms with Gasteiger partial charge in [-0.2, -0.15) is 0 Å². The number of hydrogen-bond donors (Lipinski definition) is 2. The maximum atomic E-state index is 12.7. The quantitative estimate of drug-likeness (QED) is 0.699. The van der Waals surface area contributed by atoms with Gasteiger partial charge in [0.2, 0.25) is 11.9 Å². The highest BCUT2D eigenvalue weighted by Crippen LogP contribution is 2.18. The predicted octanol–water partition coefficient (Wildman–Crippen LogP) is 2.65. The first-order valence-electron chi connectivity index (χ1n) is 10.3. The minimum atomic E-state index is -0.217. The van der Waals surface area contributed by atoms with E-state index in [2.05, 4.69) is 20.2 Å². The number of para-hydroxylation sites is 2. The summed E-state index contributed by atoms with van der Waals surface area (Å²) in [6, 6.07) is 13.5. The molecule has 2 aromatic carbocycles. The third kappa shape index (κ3) is 4.30. The Labute approximate surface area is 176 Å². The molecule has 0 saturated carbocycles. The molecule has 0 radical (unpaired) electrons. The number of anilines is 1. The van der Waals surface area contributed by atoms with E-state index in [4.69, 9.17) is 0 Å². The summed E-state index contributed by atoms with van der Waals surface area (Å²) in [5.74, 6) is 0.567. The number of hydrogen-bond acceptors (Lipinski definition) is 4. The number of rotatable bonds is 4. The molecule has 7 nitrogen and oxygen atoms in total. The maximum Gasteiger partial charge on any atom is 0.251 e. The van der Waals surface area contributed by atoms with Gasteiger partial charge in [-0.1, -0.05) is 18.2 Å². The first-order valence-corrected chi connectivity index (χ1v) is 10.3. The number of benzene rings is 2. The molecule has 30 heavy (non-hydrogen) atoms. The van der Waals surface area contributed by atoms with Crippen molar-refractivity contribution in [3.05, 3.63) is 59.2 Å². The Morgan fingerprint density at radius 1 is 1.03 bits per heavy atom. The third-order valence-corrected chi connectivity index (χ3v) is 5.69. The minimum Gasteiger partial charge on any atom is -0.343 e. The van der Waals surface area contributed by atoms with Crippen molar-refractivity contribution in [2.45, 2.75) is 20.3 Å². The van der Waals surface area contributed by atoms with Crippen LogP contribution in [-0.2, 0) is 4.79 Å². The molecule has 1 fully saturated rings. The summed E-state index contributed by atoms with van der Waals surface area (Å²) in [5.41, 5.74) is 4.74. The van der Waals surface area contributed by atoms with Crippen LogP contribution in [0.4, 0.5) is 5.95 Å². The molecule has 0 bridgehead atoms. The Kier molecular flexibility index (Phi) is 5.70. The van der Waals surface area contributed by atoms with Gasteiger partial charge in [0, 0.05) is 31.7 Å². The van der Waals surface area contributed by atoms with Crippen molar-refractivity contribution < 1.29 is 9.59 Å². The van der Waals surface area contributed by atoms with Crippen molar-refractivity contribution >= 4 is 28.8 Å². The summed E-state index contributed by atoms with van der Waals surface area (Å²) < 4.78 is 0.